The van der Waals surface area contributed by atoms with E-state index in [4.69, 9.17) is 0 Å². The van der Waals surface area contributed by atoms with Crippen LogP contribution in [0.5, 0.6) is 0 Å². The van der Waals surface area contributed by atoms with Crippen LogP contribution in [0.25, 0.3) is 0 Å². The fourth-order valence-corrected chi connectivity index (χ4v) is 4.49. The van der Waals surface area contributed by atoms with E-state index in [0.717, 1.165) is 44.9 Å². The van der Waals surface area contributed by atoms with Gasteiger partial charge in [-0.1, -0.05) is 38.7 Å². The monoisotopic (exact) mass is 352 g/mol. The highest BCUT2D eigenvalue weighted by Crippen LogP contribution is 2.22. The van der Waals surface area contributed by atoms with Crippen molar-refractivity contribution in [3.63, 3.8) is 0 Å². The maximum absolute atomic E-state index is 12.8. The number of nitrogens with zero attached hydrogens (tertiary/aromatic N) is 1. The topological polar surface area (TPSA) is 66.5 Å². The van der Waals surface area contributed by atoms with Gasteiger partial charge in [0.25, 0.3) is 0 Å². The molecule has 0 aliphatic carbocycles. The van der Waals surface area contributed by atoms with Gasteiger partial charge < -0.3 is 5.32 Å². The van der Waals surface area contributed by atoms with Gasteiger partial charge in [0, 0.05) is 25.2 Å². The number of sulfonamides is 1. The molecule has 1 heterocycles. The Morgan fingerprint density at radius 1 is 1.12 bits per heavy atom. The summed E-state index contributed by atoms with van der Waals surface area (Å²) in [4.78, 5) is 12.2. The molecule has 1 aliphatic rings. The molecule has 2 rings (SSSR count). The van der Waals surface area contributed by atoms with Gasteiger partial charge in [-0.2, -0.15) is 4.31 Å². The Labute approximate surface area is 145 Å². The van der Waals surface area contributed by atoms with E-state index in [0.29, 0.717) is 25.2 Å². The average molecular weight is 353 g/mol. The van der Waals surface area contributed by atoms with E-state index in [1.54, 1.807) is 28.6 Å². The minimum atomic E-state index is -3.48. The normalized spacial score (nSPS) is 16.5. The minimum absolute atomic E-state index is 0.0622. The molecule has 1 N–H and O–H groups in total. The van der Waals surface area contributed by atoms with Crippen LogP contribution >= 0.6 is 0 Å². The van der Waals surface area contributed by atoms with Crippen molar-refractivity contribution in [1.29, 1.82) is 0 Å². The molecular formula is C18H28N2O3S. The van der Waals surface area contributed by atoms with Crippen molar-refractivity contribution in [1.82, 2.24) is 4.31 Å². The van der Waals surface area contributed by atoms with Gasteiger partial charge in [0.2, 0.25) is 15.9 Å². The zero-order valence-electron chi connectivity index (χ0n) is 14.5. The van der Waals surface area contributed by atoms with Gasteiger partial charge in [-0.25, -0.2) is 8.42 Å². The van der Waals surface area contributed by atoms with Gasteiger partial charge in [-0.3, -0.25) is 4.79 Å². The van der Waals surface area contributed by atoms with Crippen molar-refractivity contribution in [2.75, 3.05) is 18.4 Å². The second-order valence-corrected chi connectivity index (χ2v) is 8.29. The first-order valence-electron chi connectivity index (χ1n) is 8.94. The number of hydrogen-bond acceptors (Lipinski definition) is 3. The molecule has 6 heteroatoms. The second kappa shape index (κ2) is 9.18. The average Bonchev–Trinajstić information content (AvgIpc) is 2.85. The molecule has 0 atom stereocenters. The molecular weight excluding hydrogens is 324 g/mol. The molecule has 0 saturated carbocycles. The summed E-state index contributed by atoms with van der Waals surface area (Å²) in [7, 11) is -3.48. The number of nitrogens with one attached hydrogen (secondary N) is 1. The summed E-state index contributed by atoms with van der Waals surface area (Å²) in [6, 6.07) is 6.59. The molecule has 0 bridgehead atoms. The molecule has 5 nitrogen and oxygen atoms in total. The number of anilines is 1. The van der Waals surface area contributed by atoms with Gasteiger partial charge in [0.1, 0.15) is 0 Å². The van der Waals surface area contributed by atoms with Crippen LogP contribution in [-0.4, -0.2) is 31.7 Å². The Balaban J connectivity index is 2.07. The maximum atomic E-state index is 12.8. The molecule has 0 aromatic heterocycles. The number of carbonyl (C=O) groups is 1. The Hall–Kier alpha value is -1.40. The highest BCUT2D eigenvalue weighted by atomic mass is 32.2. The van der Waals surface area contributed by atoms with E-state index in [1.165, 1.54) is 0 Å². The van der Waals surface area contributed by atoms with Gasteiger partial charge >= 0.3 is 0 Å². The van der Waals surface area contributed by atoms with Crippen LogP contribution in [0.1, 0.15) is 58.3 Å². The molecule has 1 aliphatic heterocycles. The lowest BCUT2D eigenvalue weighted by molar-refractivity contribution is -0.116. The van der Waals surface area contributed by atoms with E-state index in [1.807, 2.05) is 0 Å². The third-order valence-corrected chi connectivity index (χ3v) is 6.22. The van der Waals surface area contributed by atoms with Crippen molar-refractivity contribution >= 4 is 21.6 Å². The summed E-state index contributed by atoms with van der Waals surface area (Å²) in [6.45, 7) is 3.25. The van der Waals surface area contributed by atoms with E-state index >= 15 is 0 Å². The first kappa shape index (κ1) is 18.9. The lowest BCUT2D eigenvalue weighted by Crippen LogP contribution is -2.32. The van der Waals surface area contributed by atoms with Crippen LogP contribution in [0.15, 0.2) is 29.2 Å². The zero-order chi connectivity index (χ0) is 17.4. The molecule has 24 heavy (non-hydrogen) atoms. The van der Waals surface area contributed by atoms with E-state index in [2.05, 4.69) is 12.2 Å². The van der Waals surface area contributed by atoms with Crippen molar-refractivity contribution in [3.05, 3.63) is 24.3 Å². The van der Waals surface area contributed by atoms with Gasteiger partial charge in [0.15, 0.2) is 0 Å². The lowest BCUT2D eigenvalue weighted by Gasteiger charge is -2.20. The SMILES string of the molecule is CCCCCC(=O)Nc1cccc(S(=O)(=O)N2CCCCCC2)c1. The molecule has 134 valence electrons. The Kier molecular flexibility index (Phi) is 7.24. The van der Waals surface area contributed by atoms with Crippen molar-refractivity contribution < 1.29 is 13.2 Å². The Bertz CT molecular complexity index is 635. The predicted molar refractivity (Wildman–Crippen MR) is 96.4 cm³/mol. The first-order valence-corrected chi connectivity index (χ1v) is 10.4. The number of rotatable bonds is 7. The summed E-state index contributed by atoms with van der Waals surface area (Å²) >= 11 is 0. The highest BCUT2D eigenvalue weighted by molar-refractivity contribution is 7.89. The summed E-state index contributed by atoms with van der Waals surface area (Å²) in [5.41, 5.74) is 0.549. The van der Waals surface area contributed by atoms with Crippen molar-refractivity contribution in [3.8, 4) is 0 Å². The number of carbonyl (C=O) groups excluding carboxylic acids is 1. The standard InChI is InChI=1S/C18H28N2O3S/c1-2-3-6-12-18(21)19-16-10-9-11-17(15-16)24(22,23)20-13-7-4-5-8-14-20/h9-11,15H,2-8,12-14H2,1H3,(H,19,21). The Morgan fingerprint density at radius 2 is 1.83 bits per heavy atom. The van der Waals surface area contributed by atoms with Crippen LogP contribution in [-0.2, 0) is 14.8 Å². The van der Waals surface area contributed by atoms with Crippen LogP contribution in [0.3, 0.4) is 0 Å². The summed E-state index contributed by atoms with van der Waals surface area (Å²) in [5.74, 6) is -0.0622. The number of benzene rings is 1. The fourth-order valence-electron chi connectivity index (χ4n) is 2.92. The Morgan fingerprint density at radius 3 is 2.50 bits per heavy atom. The van der Waals surface area contributed by atoms with Crippen LogP contribution < -0.4 is 5.32 Å². The fraction of sp³-hybridized carbons (Fsp3) is 0.611. The third kappa shape index (κ3) is 5.31. The first-order chi connectivity index (χ1) is 11.5. The molecule has 1 amide bonds. The largest absolute Gasteiger partial charge is 0.326 e. The molecule has 1 fully saturated rings. The molecule has 1 aromatic carbocycles. The summed E-state index contributed by atoms with van der Waals surface area (Å²) in [6.07, 6.45) is 7.40. The molecule has 1 saturated heterocycles. The predicted octanol–water partition coefficient (Wildman–Crippen LogP) is 3.77. The van der Waals surface area contributed by atoms with E-state index in [-0.39, 0.29) is 10.8 Å². The molecule has 0 spiro atoms. The van der Waals surface area contributed by atoms with Crippen LogP contribution in [0, 0.1) is 0 Å². The highest BCUT2D eigenvalue weighted by Gasteiger charge is 2.25. The smallest absolute Gasteiger partial charge is 0.243 e. The van der Waals surface area contributed by atoms with Gasteiger partial charge in [0.05, 0.1) is 4.90 Å². The van der Waals surface area contributed by atoms with E-state index < -0.39 is 10.0 Å². The quantitative estimate of drug-likeness (QED) is 0.760. The summed E-state index contributed by atoms with van der Waals surface area (Å²) < 4.78 is 27.2. The number of hydrogen-bond donors (Lipinski definition) is 1. The molecule has 0 unspecified atom stereocenters. The van der Waals surface area contributed by atoms with Crippen LogP contribution in [0.2, 0.25) is 0 Å². The van der Waals surface area contributed by atoms with E-state index in [9.17, 15) is 13.2 Å². The van der Waals surface area contributed by atoms with Crippen molar-refractivity contribution in [2.45, 2.75) is 63.2 Å². The van der Waals surface area contributed by atoms with Gasteiger partial charge in [-0.15, -0.1) is 0 Å². The third-order valence-electron chi connectivity index (χ3n) is 4.33. The lowest BCUT2D eigenvalue weighted by atomic mass is 10.2. The van der Waals surface area contributed by atoms with Gasteiger partial charge in [-0.05, 0) is 37.5 Å². The summed E-state index contributed by atoms with van der Waals surface area (Å²) in [5, 5.41) is 2.81. The van der Waals surface area contributed by atoms with Crippen LogP contribution in [0.4, 0.5) is 5.69 Å². The minimum Gasteiger partial charge on any atom is -0.326 e. The molecule has 1 aromatic rings. The number of unbranched alkanes of at least 4 members (excludes halogenated alkanes) is 2. The molecule has 0 radical (unpaired) electrons. The maximum Gasteiger partial charge on any atom is 0.243 e. The number of amides is 1. The second-order valence-electron chi connectivity index (χ2n) is 6.35. The zero-order valence-corrected chi connectivity index (χ0v) is 15.3. The van der Waals surface area contributed by atoms with Crippen molar-refractivity contribution in [2.24, 2.45) is 0 Å².